The molecule has 3 rings (SSSR count). The number of carboxylic acids is 1. The predicted octanol–water partition coefficient (Wildman–Crippen LogP) is 3.29. The molecule has 0 amide bonds. The van der Waals surface area contributed by atoms with Gasteiger partial charge in [-0.05, 0) is 31.0 Å². The summed E-state index contributed by atoms with van der Waals surface area (Å²) >= 11 is 0. The lowest BCUT2D eigenvalue weighted by Crippen LogP contribution is -2.05. The number of aromatic nitrogens is 2. The highest BCUT2D eigenvalue weighted by molar-refractivity contribution is 6.11. The van der Waals surface area contributed by atoms with Gasteiger partial charge in [0.25, 0.3) is 0 Å². The van der Waals surface area contributed by atoms with Gasteiger partial charge in [0.1, 0.15) is 0 Å². The highest BCUT2D eigenvalue weighted by Gasteiger charge is 2.17. The summed E-state index contributed by atoms with van der Waals surface area (Å²) in [6.07, 6.45) is 2.25. The van der Waals surface area contributed by atoms with Gasteiger partial charge >= 0.3 is 5.97 Å². The minimum Gasteiger partial charge on any atom is -0.477 e. The number of aromatic amines is 1. The van der Waals surface area contributed by atoms with E-state index in [1.54, 1.807) is 6.20 Å². The van der Waals surface area contributed by atoms with Crippen molar-refractivity contribution in [2.24, 2.45) is 0 Å². The number of benzene rings is 1. The van der Waals surface area contributed by atoms with Crippen LogP contribution in [0.2, 0.25) is 0 Å². The van der Waals surface area contributed by atoms with Crippen LogP contribution in [-0.2, 0) is 6.42 Å². The molecule has 0 fully saturated rings. The number of pyridine rings is 1. The summed E-state index contributed by atoms with van der Waals surface area (Å²) in [5.74, 6) is -0.972. The molecule has 1 aromatic carbocycles. The van der Waals surface area contributed by atoms with Gasteiger partial charge in [-0.3, -0.25) is 0 Å². The number of nitrogens with one attached hydrogen (secondary N) is 1. The van der Waals surface area contributed by atoms with Crippen LogP contribution in [0.5, 0.6) is 0 Å². The third-order valence-electron chi connectivity index (χ3n) is 3.45. The van der Waals surface area contributed by atoms with E-state index in [4.69, 9.17) is 0 Å². The van der Waals surface area contributed by atoms with Crippen molar-refractivity contribution in [2.45, 2.75) is 20.3 Å². The Labute approximate surface area is 110 Å². The van der Waals surface area contributed by atoms with E-state index in [1.807, 2.05) is 26.0 Å². The van der Waals surface area contributed by atoms with Crippen LogP contribution in [0.25, 0.3) is 21.8 Å². The molecule has 0 spiro atoms. The Bertz CT molecular complexity index is 803. The van der Waals surface area contributed by atoms with Crippen LogP contribution in [-0.4, -0.2) is 21.0 Å². The fourth-order valence-corrected chi connectivity index (χ4v) is 2.60. The molecule has 4 nitrogen and oxygen atoms in total. The highest BCUT2D eigenvalue weighted by Crippen LogP contribution is 2.30. The molecule has 19 heavy (non-hydrogen) atoms. The van der Waals surface area contributed by atoms with Crippen LogP contribution in [0.4, 0.5) is 0 Å². The van der Waals surface area contributed by atoms with Gasteiger partial charge in [-0.2, -0.15) is 0 Å². The van der Waals surface area contributed by atoms with Crippen molar-refractivity contribution in [3.05, 3.63) is 41.2 Å². The van der Waals surface area contributed by atoms with Crippen LogP contribution >= 0.6 is 0 Å². The molecular formula is C15H14N2O2. The zero-order valence-electron chi connectivity index (χ0n) is 10.8. The second-order valence-electron chi connectivity index (χ2n) is 4.71. The fourth-order valence-electron chi connectivity index (χ4n) is 2.60. The van der Waals surface area contributed by atoms with Crippen molar-refractivity contribution < 1.29 is 9.90 Å². The number of rotatable bonds is 2. The first-order chi connectivity index (χ1) is 9.11. The van der Waals surface area contributed by atoms with E-state index in [2.05, 4.69) is 16.0 Å². The average molecular weight is 254 g/mol. The molecule has 0 saturated carbocycles. The number of hydrogen-bond acceptors (Lipinski definition) is 2. The summed E-state index contributed by atoms with van der Waals surface area (Å²) in [7, 11) is 0. The largest absolute Gasteiger partial charge is 0.477 e. The number of carboxylic acid groups (broad SMARTS) is 1. The number of aryl methyl sites for hydroxylation is 2. The third-order valence-corrected chi connectivity index (χ3v) is 3.45. The monoisotopic (exact) mass is 254 g/mol. The number of H-pyrrole nitrogens is 1. The van der Waals surface area contributed by atoms with E-state index in [1.165, 1.54) is 0 Å². The summed E-state index contributed by atoms with van der Waals surface area (Å²) in [4.78, 5) is 18.6. The molecule has 0 aliphatic heterocycles. The van der Waals surface area contributed by atoms with Crippen LogP contribution < -0.4 is 0 Å². The molecule has 96 valence electrons. The smallest absolute Gasteiger partial charge is 0.354 e. The first-order valence-electron chi connectivity index (χ1n) is 6.25. The maximum absolute atomic E-state index is 11.3. The maximum atomic E-state index is 11.3. The SMILES string of the molecule is CCc1c(C(=O)O)ncc2[nH]c3ccc(C)cc3c12. The van der Waals surface area contributed by atoms with Crippen LogP contribution in [0.1, 0.15) is 28.5 Å². The van der Waals surface area contributed by atoms with Gasteiger partial charge in [0.15, 0.2) is 5.69 Å². The normalized spacial score (nSPS) is 11.3. The maximum Gasteiger partial charge on any atom is 0.354 e. The predicted molar refractivity (Wildman–Crippen MR) is 74.7 cm³/mol. The molecule has 0 radical (unpaired) electrons. The lowest BCUT2D eigenvalue weighted by molar-refractivity contribution is 0.0689. The number of hydrogen-bond donors (Lipinski definition) is 2. The summed E-state index contributed by atoms with van der Waals surface area (Å²) in [5.41, 5.74) is 4.01. The Morgan fingerprint density at radius 1 is 1.37 bits per heavy atom. The van der Waals surface area contributed by atoms with Gasteiger partial charge in [0, 0.05) is 16.3 Å². The van der Waals surface area contributed by atoms with Crippen molar-refractivity contribution in [3.8, 4) is 0 Å². The topological polar surface area (TPSA) is 66.0 Å². The van der Waals surface area contributed by atoms with Gasteiger partial charge in [0.2, 0.25) is 0 Å². The number of carbonyl (C=O) groups is 1. The molecule has 0 bridgehead atoms. The van der Waals surface area contributed by atoms with E-state index in [0.717, 1.165) is 32.9 Å². The van der Waals surface area contributed by atoms with E-state index < -0.39 is 5.97 Å². The van der Waals surface area contributed by atoms with E-state index in [-0.39, 0.29) is 5.69 Å². The minimum absolute atomic E-state index is 0.150. The van der Waals surface area contributed by atoms with E-state index in [0.29, 0.717) is 6.42 Å². The number of aromatic carboxylic acids is 1. The molecule has 0 atom stereocenters. The molecule has 0 aliphatic carbocycles. The van der Waals surface area contributed by atoms with E-state index in [9.17, 15) is 9.90 Å². The average Bonchev–Trinajstić information content (AvgIpc) is 2.75. The quantitative estimate of drug-likeness (QED) is 0.737. The molecule has 3 aromatic rings. The second-order valence-corrected chi connectivity index (χ2v) is 4.71. The molecule has 0 unspecified atom stereocenters. The Balaban J connectivity index is 2.52. The Morgan fingerprint density at radius 2 is 2.16 bits per heavy atom. The summed E-state index contributed by atoms with van der Waals surface area (Å²) in [6, 6.07) is 6.14. The van der Waals surface area contributed by atoms with Gasteiger partial charge in [-0.1, -0.05) is 18.6 Å². The number of fused-ring (bicyclic) bond motifs is 3. The van der Waals surface area contributed by atoms with Crippen LogP contribution in [0.3, 0.4) is 0 Å². The minimum atomic E-state index is -0.972. The van der Waals surface area contributed by atoms with Crippen LogP contribution in [0.15, 0.2) is 24.4 Å². The Kier molecular flexibility index (Phi) is 2.52. The Morgan fingerprint density at radius 3 is 2.84 bits per heavy atom. The first kappa shape index (κ1) is 11.7. The van der Waals surface area contributed by atoms with Gasteiger partial charge in [-0.15, -0.1) is 0 Å². The third kappa shape index (κ3) is 1.68. The van der Waals surface area contributed by atoms with E-state index >= 15 is 0 Å². The van der Waals surface area contributed by atoms with Crippen LogP contribution in [0, 0.1) is 6.92 Å². The van der Waals surface area contributed by atoms with Crippen molar-refractivity contribution >= 4 is 27.8 Å². The van der Waals surface area contributed by atoms with Gasteiger partial charge in [-0.25, -0.2) is 9.78 Å². The summed E-state index contributed by atoms with van der Waals surface area (Å²) in [5, 5.41) is 11.3. The molecule has 0 saturated heterocycles. The van der Waals surface area contributed by atoms with Crippen molar-refractivity contribution in [2.75, 3.05) is 0 Å². The van der Waals surface area contributed by atoms with Gasteiger partial charge < -0.3 is 10.1 Å². The zero-order chi connectivity index (χ0) is 13.6. The number of nitrogens with zero attached hydrogens (tertiary/aromatic N) is 1. The summed E-state index contributed by atoms with van der Waals surface area (Å²) in [6.45, 7) is 3.99. The summed E-state index contributed by atoms with van der Waals surface area (Å²) < 4.78 is 0. The zero-order valence-corrected chi connectivity index (χ0v) is 10.8. The molecule has 2 heterocycles. The lowest BCUT2D eigenvalue weighted by Gasteiger charge is -2.04. The molecule has 0 aliphatic rings. The highest BCUT2D eigenvalue weighted by atomic mass is 16.4. The Hall–Kier alpha value is -2.36. The standard InChI is InChI=1S/C15H14N2O2/c1-3-9-13-10-6-8(2)4-5-11(10)17-12(13)7-16-14(9)15(18)19/h4-7,17H,3H2,1-2H3,(H,18,19). The second kappa shape index (κ2) is 4.09. The van der Waals surface area contributed by atoms with Crippen molar-refractivity contribution in [3.63, 3.8) is 0 Å². The van der Waals surface area contributed by atoms with Gasteiger partial charge in [0.05, 0.1) is 11.7 Å². The first-order valence-corrected chi connectivity index (χ1v) is 6.25. The van der Waals surface area contributed by atoms with Crippen molar-refractivity contribution in [1.82, 2.24) is 9.97 Å². The molecular weight excluding hydrogens is 240 g/mol. The lowest BCUT2D eigenvalue weighted by atomic mass is 10.0. The fraction of sp³-hybridized carbons (Fsp3) is 0.200. The molecule has 2 N–H and O–H groups in total. The molecule has 4 heteroatoms. The van der Waals surface area contributed by atoms with Crippen molar-refractivity contribution in [1.29, 1.82) is 0 Å². The molecule has 2 aromatic heterocycles.